The summed E-state index contributed by atoms with van der Waals surface area (Å²) in [4.78, 5) is 9.00. The zero-order valence-electron chi connectivity index (χ0n) is 17.1. The van der Waals surface area contributed by atoms with Crippen LogP contribution in [0.3, 0.4) is 0 Å². The smallest absolute Gasteiger partial charge is 0.237 e. The molecule has 6 heteroatoms. The first-order chi connectivity index (χ1) is 14.0. The number of rotatable bonds is 6. The minimum absolute atomic E-state index is 0.0229. The molecule has 0 saturated heterocycles. The van der Waals surface area contributed by atoms with Gasteiger partial charge in [-0.3, -0.25) is 4.98 Å². The summed E-state index contributed by atoms with van der Waals surface area (Å²) in [5.41, 5.74) is 5.72. The number of aromatic nitrogens is 3. The summed E-state index contributed by atoms with van der Waals surface area (Å²) in [6.45, 7) is 8.45. The highest BCUT2D eigenvalue weighted by Crippen LogP contribution is 2.33. The van der Waals surface area contributed by atoms with Crippen molar-refractivity contribution in [3.63, 3.8) is 0 Å². The van der Waals surface area contributed by atoms with E-state index >= 15 is 0 Å². The van der Waals surface area contributed by atoms with Gasteiger partial charge in [-0.2, -0.15) is 0 Å². The number of nitrogens with zero attached hydrogens (tertiary/aromatic N) is 3. The van der Waals surface area contributed by atoms with Gasteiger partial charge in [0.25, 0.3) is 0 Å². The van der Waals surface area contributed by atoms with Gasteiger partial charge >= 0.3 is 0 Å². The number of hydrogen-bond acceptors (Lipinski definition) is 6. The molecule has 4 aromatic rings. The van der Waals surface area contributed by atoms with Gasteiger partial charge in [-0.1, -0.05) is 23.4 Å². The Morgan fingerprint density at radius 1 is 1.10 bits per heavy atom. The number of aryl methyl sites for hydroxylation is 2. The number of benzene rings is 1. The maximum Gasteiger partial charge on any atom is 0.237 e. The molecule has 0 aliphatic rings. The Balaban J connectivity index is 1.69. The fourth-order valence-corrected chi connectivity index (χ4v) is 3.44. The van der Waals surface area contributed by atoms with Crippen molar-refractivity contribution in [3.8, 4) is 17.0 Å². The van der Waals surface area contributed by atoms with Crippen molar-refractivity contribution in [1.29, 1.82) is 0 Å². The van der Waals surface area contributed by atoms with Crippen molar-refractivity contribution in [2.24, 2.45) is 0 Å². The minimum Gasteiger partial charge on any atom is -0.473 e. The molecule has 0 fully saturated rings. The van der Waals surface area contributed by atoms with Crippen molar-refractivity contribution in [2.75, 3.05) is 5.32 Å². The van der Waals surface area contributed by atoms with E-state index in [0.717, 1.165) is 44.7 Å². The third-order valence-corrected chi connectivity index (χ3v) is 4.73. The van der Waals surface area contributed by atoms with Gasteiger partial charge in [0.2, 0.25) is 5.88 Å². The van der Waals surface area contributed by atoms with E-state index in [1.165, 1.54) is 0 Å². The lowest BCUT2D eigenvalue weighted by molar-refractivity contribution is 0.234. The third-order valence-electron chi connectivity index (χ3n) is 4.73. The lowest BCUT2D eigenvalue weighted by Gasteiger charge is -2.16. The molecule has 1 N–H and O–H groups in total. The highest BCUT2D eigenvalue weighted by atomic mass is 16.5. The molecule has 6 nitrogen and oxygen atoms in total. The van der Waals surface area contributed by atoms with Gasteiger partial charge in [-0.05, 0) is 51.5 Å². The van der Waals surface area contributed by atoms with Gasteiger partial charge in [-0.25, -0.2) is 4.98 Å². The molecule has 148 valence electrons. The predicted molar refractivity (Wildman–Crippen MR) is 114 cm³/mol. The predicted octanol–water partition coefficient (Wildman–Crippen LogP) is 5.30. The monoisotopic (exact) mass is 388 g/mol. The normalized spacial score (nSPS) is 11.2. The molecule has 3 heterocycles. The zero-order valence-corrected chi connectivity index (χ0v) is 17.1. The fraction of sp³-hybridized carbons (Fsp3) is 0.261. The lowest BCUT2D eigenvalue weighted by Crippen LogP contribution is -2.10. The number of anilines is 1. The number of fused-ring (bicyclic) bond motifs is 1. The highest BCUT2D eigenvalue weighted by Gasteiger charge is 2.16. The Hall–Kier alpha value is -3.41. The Morgan fingerprint density at radius 2 is 1.97 bits per heavy atom. The van der Waals surface area contributed by atoms with Crippen LogP contribution < -0.4 is 10.1 Å². The summed E-state index contributed by atoms with van der Waals surface area (Å²) < 4.78 is 11.3. The van der Waals surface area contributed by atoms with Crippen LogP contribution in [0.5, 0.6) is 5.88 Å². The van der Waals surface area contributed by atoms with Crippen molar-refractivity contribution in [3.05, 3.63) is 65.8 Å². The van der Waals surface area contributed by atoms with Crippen LogP contribution in [0.2, 0.25) is 0 Å². The fourth-order valence-electron chi connectivity index (χ4n) is 3.44. The average molecular weight is 388 g/mol. The molecule has 0 atom stereocenters. The zero-order chi connectivity index (χ0) is 20.4. The van der Waals surface area contributed by atoms with E-state index in [-0.39, 0.29) is 6.10 Å². The molecule has 0 unspecified atom stereocenters. The summed E-state index contributed by atoms with van der Waals surface area (Å²) in [6.07, 6.45) is 3.64. The SMILES string of the molecule is Cc1noc(C)c1-c1cnc(OC(C)C)c(NCc2cccc3ncccc23)c1. The lowest BCUT2D eigenvalue weighted by atomic mass is 10.1. The molecule has 0 amide bonds. The van der Waals surface area contributed by atoms with E-state index in [9.17, 15) is 0 Å². The summed E-state index contributed by atoms with van der Waals surface area (Å²) in [5.74, 6) is 1.35. The van der Waals surface area contributed by atoms with Gasteiger partial charge in [-0.15, -0.1) is 0 Å². The average Bonchev–Trinajstić information content (AvgIpc) is 3.05. The second-order valence-corrected chi connectivity index (χ2v) is 7.28. The van der Waals surface area contributed by atoms with Gasteiger partial charge in [0.15, 0.2) is 0 Å². The number of hydrogen-bond donors (Lipinski definition) is 1. The molecular weight excluding hydrogens is 364 g/mol. The Kier molecular flexibility index (Phi) is 5.16. The van der Waals surface area contributed by atoms with E-state index in [0.29, 0.717) is 12.4 Å². The van der Waals surface area contributed by atoms with E-state index < -0.39 is 0 Å². The van der Waals surface area contributed by atoms with Gasteiger partial charge in [0.1, 0.15) is 5.76 Å². The summed E-state index contributed by atoms with van der Waals surface area (Å²) in [6, 6.07) is 12.2. The van der Waals surface area contributed by atoms with Crippen molar-refractivity contribution >= 4 is 16.6 Å². The molecule has 0 aliphatic heterocycles. The van der Waals surface area contributed by atoms with E-state index in [1.54, 1.807) is 6.20 Å². The molecule has 0 saturated carbocycles. The maximum absolute atomic E-state index is 5.93. The van der Waals surface area contributed by atoms with E-state index in [2.05, 4.69) is 32.6 Å². The Labute approximate surface area is 169 Å². The largest absolute Gasteiger partial charge is 0.473 e. The number of pyridine rings is 2. The molecule has 29 heavy (non-hydrogen) atoms. The van der Waals surface area contributed by atoms with E-state index in [1.807, 2.05) is 58.2 Å². The quantitative estimate of drug-likeness (QED) is 0.483. The minimum atomic E-state index is 0.0229. The summed E-state index contributed by atoms with van der Waals surface area (Å²) in [5, 5.41) is 8.69. The Bertz CT molecular complexity index is 1130. The van der Waals surface area contributed by atoms with Gasteiger partial charge in [0.05, 0.1) is 23.0 Å². The molecular formula is C23H24N4O2. The second-order valence-electron chi connectivity index (χ2n) is 7.28. The first-order valence-electron chi connectivity index (χ1n) is 9.69. The molecule has 0 radical (unpaired) electrons. The standard InChI is InChI=1S/C23H24N4O2/c1-14(2)28-23-21(11-18(13-26-23)22-15(3)27-29-16(22)4)25-12-17-7-5-9-20-19(17)8-6-10-24-20/h5-11,13-14,25H,12H2,1-4H3. The molecule has 0 spiro atoms. The molecule has 4 rings (SSSR count). The summed E-state index contributed by atoms with van der Waals surface area (Å²) in [7, 11) is 0. The highest BCUT2D eigenvalue weighted by molar-refractivity contribution is 5.82. The Morgan fingerprint density at radius 3 is 2.72 bits per heavy atom. The van der Waals surface area contributed by atoms with Gasteiger partial charge < -0.3 is 14.6 Å². The van der Waals surface area contributed by atoms with Crippen LogP contribution >= 0.6 is 0 Å². The van der Waals surface area contributed by atoms with Crippen LogP contribution in [0, 0.1) is 13.8 Å². The van der Waals surface area contributed by atoms with Gasteiger partial charge in [0, 0.05) is 35.5 Å². The van der Waals surface area contributed by atoms with Crippen molar-refractivity contribution in [1.82, 2.24) is 15.1 Å². The summed E-state index contributed by atoms with van der Waals surface area (Å²) >= 11 is 0. The molecule has 3 aromatic heterocycles. The van der Waals surface area contributed by atoms with Crippen LogP contribution in [0.1, 0.15) is 30.9 Å². The first kappa shape index (κ1) is 18.9. The third kappa shape index (κ3) is 3.92. The molecule has 1 aromatic carbocycles. The first-order valence-corrected chi connectivity index (χ1v) is 9.69. The molecule has 0 aliphatic carbocycles. The van der Waals surface area contributed by atoms with E-state index in [4.69, 9.17) is 9.26 Å². The van der Waals surface area contributed by atoms with Crippen LogP contribution in [-0.4, -0.2) is 21.2 Å². The topological polar surface area (TPSA) is 73.1 Å². The van der Waals surface area contributed by atoms with Crippen LogP contribution in [0.15, 0.2) is 53.3 Å². The van der Waals surface area contributed by atoms with Crippen LogP contribution in [-0.2, 0) is 6.54 Å². The molecule has 0 bridgehead atoms. The number of ether oxygens (including phenoxy) is 1. The second kappa shape index (κ2) is 7.91. The van der Waals surface area contributed by atoms with Crippen molar-refractivity contribution < 1.29 is 9.26 Å². The van der Waals surface area contributed by atoms with Crippen LogP contribution in [0.25, 0.3) is 22.0 Å². The number of nitrogens with one attached hydrogen (secondary N) is 1. The van der Waals surface area contributed by atoms with Crippen molar-refractivity contribution in [2.45, 2.75) is 40.3 Å². The van der Waals surface area contributed by atoms with Crippen LogP contribution in [0.4, 0.5) is 5.69 Å². The maximum atomic E-state index is 5.93.